The highest BCUT2D eigenvalue weighted by Crippen LogP contribution is 2.24. The van der Waals surface area contributed by atoms with Crippen molar-refractivity contribution in [1.82, 2.24) is 0 Å². The molecule has 0 aliphatic heterocycles. The maximum atomic E-state index is 10.6. The molecule has 0 spiro atoms. The molecule has 0 saturated carbocycles. The quantitative estimate of drug-likeness (QED) is 0.550. The van der Waals surface area contributed by atoms with Gasteiger partial charge in [0, 0.05) is 17.0 Å². The van der Waals surface area contributed by atoms with Gasteiger partial charge in [-0.3, -0.25) is 4.79 Å². The molecule has 0 bridgehead atoms. The Morgan fingerprint density at radius 1 is 1.43 bits per heavy atom. The molecule has 5 heteroatoms. The average Bonchev–Trinajstić information content (AvgIpc) is 2.16. The molecule has 0 saturated heterocycles. The summed E-state index contributed by atoms with van der Waals surface area (Å²) in [7, 11) is 1.45. The van der Waals surface area contributed by atoms with E-state index in [9.17, 15) is 9.70 Å². The smallest absolute Gasteiger partial charge is 0.308 e. The van der Waals surface area contributed by atoms with E-state index in [1.165, 1.54) is 20.1 Å². The lowest BCUT2D eigenvalue weighted by atomic mass is 10.3. The van der Waals surface area contributed by atoms with Gasteiger partial charge in [-0.05, 0) is 12.1 Å². The van der Waals surface area contributed by atoms with Gasteiger partial charge in [0.2, 0.25) is 0 Å². The van der Waals surface area contributed by atoms with E-state index >= 15 is 0 Å². The van der Waals surface area contributed by atoms with Gasteiger partial charge in [0.15, 0.2) is 5.75 Å². The summed E-state index contributed by atoms with van der Waals surface area (Å²) in [4.78, 5) is 21.1. The Bertz CT molecular complexity index is 362. The van der Waals surface area contributed by atoms with Gasteiger partial charge in [-0.1, -0.05) is 0 Å². The van der Waals surface area contributed by atoms with Crippen LogP contribution in [0.25, 0.3) is 0 Å². The summed E-state index contributed by atoms with van der Waals surface area (Å²) < 4.78 is 9.68. The number of rotatable bonds is 3. The molecule has 0 fully saturated rings. The highest BCUT2D eigenvalue weighted by atomic mass is 16.5. The highest BCUT2D eigenvalue weighted by Gasteiger charge is 2.11. The van der Waals surface area contributed by atoms with Crippen LogP contribution in [0.5, 0.6) is 11.5 Å². The molecule has 14 heavy (non-hydrogen) atoms. The minimum Gasteiger partial charge on any atom is -0.490 e. The van der Waals surface area contributed by atoms with Crippen molar-refractivity contribution >= 4 is 11.7 Å². The number of esters is 1. The molecule has 0 atom stereocenters. The van der Waals surface area contributed by atoms with Crippen LogP contribution in [0.4, 0.5) is 5.69 Å². The van der Waals surface area contributed by atoms with E-state index in [1.807, 2.05) is 0 Å². The predicted octanol–water partition coefficient (Wildman–Crippen LogP) is 0.0990. The lowest BCUT2D eigenvalue weighted by Crippen LogP contribution is -2.55. The van der Waals surface area contributed by atoms with Gasteiger partial charge in [0.05, 0.1) is 13.2 Å². The summed E-state index contributed by atoms with van der Waals surface area (Å²) in [6.07, 6.45) is 0. The minimum absolute atomic E-state index is 0.228. The van der Waals surface area contributed by atoms with Gasteiger partial charge < -0.3 is 9.47 Å². The Morgan fingerprint density at radius 2 is 2.14 bits per heavy atom. The molecule has 1 aromatic carbocycles. The predicted molar refractivity (Wildman–Crippen MR) is 48.3 cm³/mol. The first-order valence-electron chi connectivity index (χ1n) is 3.92. The van der Waals surface area contributed by atoms with Gasteiger partial charge >= 0.3 is 5.97 Å². The summed E-state index contributed by atoms with van der Waals surface area (Å²) in [5.74, 6) is 0.263. The zero-order chi connectivity index (χ0) is 10.6. The molecule has 0 aliphatic carbocycles. The van der Waals surface area contributed by atoms with E-state index in [1.54, 1.807) is 17.3 Å². The largest absolute Gasteiger partial charge is 0.490 e. The second-order valence-electron chi connectivity index (χ2n) is 2.56. The SMILES string of the molecule is COc1ccc(OC(C)=O)cc1[NH+]=O. The third kappa shape index (κ3) is 2.29. The summed E-state index contributed by atoms with van der Waals surface area (Å²) in [5.41, 5.74) is 0.228. The molecule has 1 aromatic rings. The molecule has 0 aliphatic rings. The van der Waals surface area contributed by atoms with Gasteiger partial charge in [0.25, 0.3) is 5.69 Å². The molecule has 5 nitrogen and oxygen atoms in total. The number of ether oxygens (including phenoxy) is 2. The molecule has 74 valence electrons. The lowest BCUT2D eigenvalue weighted by Gasteiger charge is -2.01. The van der Waals surface area contributed by atoms with Crippen LogP contribution in [-0.4, -0.2) is 13.1 Å². The fraction of sp³-hybridized carbons (Fsp3) is 0.222. The number of carbonyl (C=O) groups excluding carboxylic acids is 1. The lowest BCUT2D eigenvalue weighted by molar-refractivity contribution is -0.380. The molecule has 0 amide bonds. The third-order valence-corrected chi connectivity index (χ3v) is 1.54. The zero-order valence-corrected chi connectivity index (χ0v) is 7.87. The Hall–Kier alpha value is -1.91. The molecule has 1 rings (SSSR count). The maximum Gasteiger partial charge on any atom is 0.308 e. The normalized spacial score (nSPS) is 9.29. The van der Waals surface area contributed by atoms with Crippen molar-refractivity contribution in [3.05, 3.63) is 23.1 Å². The van der Waals surface area contributed by atoms with Crippen LogP contribution in [0, 0.1) is 4.91 Å². The van der Waals surface area contributed by atoms with Crippen molar-refractivity contribution < 1.29 is 19.4 Å². The standard InChI is InChI=1S/C9H9NO4/c1-6(11)14-7-3-4-9(13-2)8(5-7)10-12/h3-5H,1-2H3/p+1. The molecular weight excluding hydrogens is 186 g/mol. The highest BCUT2D eigenvalue weighted by molar-refractivity contribution is 5.69. The fourth-order valence-electron chi connectivity index (χ4n) is 0.996. The van der Waals surface area contributed by atoms with Crippen LogP contribution in [0.3, 0.4) is 0 Å². The summed E-state index contributed by atoms with van der Waals surface area (Å²) >= 11 is 0. The Kier molecular flexibility index (Phi) is 3.17. The fourth-order valence-corrected chi connectivity index (χ4v) is 0.996. The van der Waals surface area contributed by atoms with Gasteiger partial charge in [0.1, 0.15) is 5.75 Å². The molecule has 0 unspecified atom stereocenters. The van der Waals surface area contributed by atoms with Crippen molar-refractivity contribution in [2.45, 2.75) is 6.92 Å². The second kappa shape index (κ2) is 4.36. The van der Waals surface area contributed by atoms with Crippen LogP contribution >= 0.6 is 0 Å². The number of carbonyl (C=O) groups is 1. The second-order valence-corrected chi connectivity index (χ2v) is 2.56. The number of methoxy groups -OCH3 is 1. The molecular formula is C9H10NO4+. The van der Waals surface area contributed by atoms with Crippen LogP contribution < -0.4 is 14.7 Å². The van der Waals surface area contributed by atoms with Gasteiger partial charge in [-0.25, -0.2) is 0 Å². The summed E-state index contributed by atoms with van der Waals surface area (Å²) in [6, 6.07) is 4.48. The van der Waals surface area contributed by atoms with Crippen LogP contribution in [0.1, 0.15) is 6.92 Å². The van der Waals surface area contributed by atoms with Crippen LogP contribution in [0.15, 0.2) is 18.2 Å². The van der Waals surface area contributed by atoms with Crippen molar-refractivity contribution in [2.24, 2.45) is 0 Å². The average molecular weight is 196 g/mol. The topological polar surface area (TPSA) is 66.6 Å². The zero-order valence-electron chi connectivity index (χ0n) is 7.87. The van der Waals surface area contributed by atoms with E-state index in [0.29, 0.717) is 11.5 Å². The molecule has 0 heterocycles. The molecule has 0 radical (unpaired) electrons. The van der Waals surface area contributed by atoms with E-state index in [0.717, 1.165) is 0 Å². The van der Waals surface area contributed by atoms with Crippen molar-refractivity contribution in [3.8, 4) is 11.5 Å². The van der Waals surface area contributed by atoms with Gasteiger partial charge in [-0.2, -0.15) is 0 Å². The monoisotopic (exact) mass is 196 g/mol. The van der Waals surface area contributed by atoms with Crippen molar-refractivity contribution in [3.63, 3.8) is 0 Å². The van der Waals surface area contributed by atoms with Crippen LogP contribution in [-0.2, 0) is 4.79 Å². The third-order valence-electron chi connectivity index (χ3n) is 1.54. The first-order chi connectivity index (χ1) is 6.67. The van der Waals surface area contributed by atoms with E-state index in [-0.39, 0.29) is 5.69 Å². The number of benzene rings is 1. The number of hydrogen-bond donors (Lipinski definition) is 1. The van der Waals surface area contributed by atoms with E-state index < -0.39 is 5.97 Å². The molecule has 0 aromatic heterocycles. The Labute approximate surface area is 80.6 Å². The number of nitroso groups, excluding NO2 is 1. The maximum absolute atomic E-state index is 10.6. The Morgan fingerprint density at radius 3 is 2.64 bits per heavy atom. The Balaban J connectivity index is 3.01. The minimum atomic E-state index is -0.438. The van der Waals surface area contributed by atoms with E-state index in [2.05, 4.69) is 0 Å². The molecule has 1 N–H and O–H groups in total. The van der Waals surface area contributed by atoms with Crippen molar-refractivity contribution in [2.75, 3.05) is 7.11 Å². The number of hydrogen-bond acceptors (Lipinski definition) is 4. The number of nitrogens with one attached hydrogen (secondary N) is 1. The van der Waals surface area contributed by atoms with Crippen LogP contribution in [0.2, 0.25) is 0 Å². The first-order valence-corrected chi connectivity index (χ1v) is 3.92. The van der Waals surface area contributed by atoms with E-state index in [4.69, 9.17) is 9.47 Å². The summed E-state index contributed by atoms with van der Waals surface area (Å²) in [5, 5.41) is 1.69. The van der Waals surface area contributed by atoms with Crippen molar-refractivity contribution in [1.29, 1.82) is 0 Å². The van der Waals surface area contributed by atoms with Gasteiger partial charge in [-0.15, -0.1) is 0 Å². The first kappa shape index (κ1) is 10.2. The summed E-state index contributed by atoms with van der Waals surface area (Å²) in [6.45, 7) is 1.29.